The van der Waals surface area contributed by atoms with E-state index in [2.05, 4.69) is 56.1 Å². The molecular weight excluding hydrogens is 512 g/mol. The Kier molecular flexibility index (Phi) is 12.0. The Balaban J connectivity index is 1.41. The van der Waals surface area contributed by atoms with Crippen LogP contribution in [-0.2, 0) is 9.53 Å². The molecule has 2 aromatic rings. The summed E-state index contributed by atoms with van der Waals surface area (Å²) in [7, 11) is 1.33. The van der Waals surface area contributed by atoms with Crippen LogP contribution in [-0.4, -0.2) is 75.4 Å². The number of carbonyl (C=O) groups is 1. The zero-order valence-corrected chi connectivity index (χ0v) is 24.4. The van der Waals surface area contributed by atoms with Gasteiger partial charge in [-0.05, 0) is 101 Å². The highest BCUT2D eigenvalue weighted by Gasteiger charge is 2.09. The summed E-state index contributed by atoms with van der Waals surface area (Å²) in [4.78, 5) is 16.2. The van der Waals surface area contributed by atoms with Gasteiger partial charge in [-0.25, -0.2) is 4.79 Å². The van der Waals surface area contributed by atoms with E-state index in [1.165, 1.54) is 45.6 Å². The molecule has 0 atom stereocenters. The summed E-state index contributed by atoms with van der Waals surface area (Å²) < 4.78 is 16.0. The molecule has 0 aromatic heterocycles. The molecule has 2 aliphatic rings. The van der Waals surface area contributed by atoms with Crippen LogP contribution >= 0.6 is 0 Å². The Morgan fingerprint density at radius 1 is 0.732 bits per heavy atom. The molecule has 0 radical (unpaired) electrons. The molecule has 0 saturated carbocycles. The lowest BCUT2D eigenvalue weighted by Gasteiger charge is -2.23. The average molecular weight is 553 g/mol. The van der Waals surface area contributed by atoms with Crippen molar-refractivity contribution in [3.8, 4) is 47.0 Å². The van der Waals surface area contributed by atoms with Gasteiger partial charge in [0.1, 0.15) is 18.1 Å². The Bertz CT molecular complexity index is 1300. The smallest absolute Gasteiger partial charge is 0.343 e. The number of nitrogens with zero attached hydrogens (tertiary/aromatic N) is 2. The highest BCUT2D eigenvalue weighted by Crippen LogP contribution is 2.23. The Morgan fingerprint density at radius 2 is 1.27 bits per heavy atom. The molecule has 2 fully saturated rings. The van der Waals surface area contributed by atoms with Gasteiger partial charge in [0.15, 0.2) is 6.61 Å². The lowest BCUT2D eigenvalue weighted by molar-refractivity contribution is -0.142. The van der Waals surface area contributed by atoms with Gasteiger partial charge in [0.05, 0.1) is 20.2 Å². The maximum Gasteiger partial charge on any atom is 0.343 e. The van der Waals surface area contributed by atoms with Crippen molar-refractivity contribution in [3.63, 3.8) is 0 Å². The Hall–Kier alpha value is -3.89. The second-order valence-electron chi connectivity index (χ2n) is 10.5. The number of esters is 1. The summed E-state index contributed by atoms with van der Waals surface area (Å²) >= 11 is 0. The van der Waals surface area contributed by atoms with Gasteiger partial charge in [-0.15, -0.1) is 0 Å². The normalized spacial score (nSPS) is 15.3. The fourth-order valence-electron chi connectivity index (χ4n) is 4.91. The number of ether oxygens (including phenoxy) is 3. The molecule has 2 aromatic carbocycles. The van der Waals surface area contributed by atoms with Crippen LogP contribution in [0.4, 0.5) is 0 Å². The Morgan fingerprint density at radius 3 is 1.78 bits per heavy atom. The fraction of sp³-hybridized carbons (Fsp3) is 0.457. The highest BCUT2D eigenvalue weighted by atomic mass is 16.6. The van der Waals surface area contributed by atoms with Gasteiger partial charge in [0, 0.05) is 16.7 Å². The quantitative estimate of drug-likeness (QED) is 0.368. The molecule has 214 valence electrons. The van der Waals surface area contributed by atoms with Crippen molar-refractivity contribution in [2.45, 2.75) is 45.4 Å². The first kappa shape index (κ1) is 30.1. The number of piperidine rings is 2. The predicted molar refractivity (Wildman–Crippen MR) is 162 cm³/mol. The summed E-state index contributed by atoms with van der Waals surface area (Å²) in [5.74, 6) is 20.7. The molecular formula is C35H40N2O4. The van der Waals surface area contributed by atoms with E-state index in [1.807, 2.05) is 25.1 Å². The second kappa shape index (κ2) is 16.4. The molecule has 41 heavy (non-hydrogen) atoms. The minimum absolute atomic E-state index is 0.130. The molecule has 2 aliphatic heterocycles. The van der Waals surface area contributed by atoms with Crippen molar-refractivity contribution in [2.75, 3.05) is 59.6 Å². The van der Waals surface area contributed by atoms with Crippen LogP contribution in [0.1, 0.15) is 60.8 Å². The summed E-state index contributed by atoms with van der Waals surface area (Å²) in [6.45, 7) is 8.14. The number of likely N-dealkylation sites (tertiary alicyclic amines) is 2. The zero-order valence-electron chi connectivity index (χ0n) is 24.4. The molecule has 2 heterocycles. The number of rotatable bonds is 7. The van der Waals surface area contributed by atoms with Crippen molar-refractivity contribution in [1.82, 2.24) is 9.80 Å². The molecule has 4 rings (SSSR count). The van der Waals surface area contributed by atoms with Gasteiger partial charge in [-0.1, -0.05) is 48.4 Å². The third kappa shape index (κ3) is 10.5. The van der Waals surface area contributed by atoms with Crippen LogP contribution in [0, 0.1) is 42.4 Å². The molecule has 0 N–H and O–H groups in total. The lowest BCUT2D eigenvalue weighted by atomic mass is 10.1. The number of benzene rings is 2. The van der Waals surface area contributed by atoms with Crippen LogP contribution < -0.4 is 9.47 Å². The van der Waals surface area contributed by atoms with Crippen molar-refractivity contribution in [2.24, 2.45) is 0 Å². The van der Waals surface area contributed by atoms with Crippen molar-refractivity contribution >= 4 is 5.97 Å². The molecule has 6 heteroatoms. The minimum atomic E-state index is -0.423. The molecule has 2 saturated heterocycles. The van der Waals surface area contributed by atoms with Gasteiger partial charge in [-0.3, -0.25) is 9.80 Å². The maximum absolute atomic E-state index is 11.3. The van der Waals surface area contributed by atoms with Crippen LogP contribution in [0.2, 0.25) is 0 Å². The van der Waals surface area contributed by atoms with Gasteiger partial charge in [-0.2, -0.15) is 0 Å². The van der Waals surface area contributed by atoms with Gasteiger partial charge in [0.2, 0.25) is 0 Å². The number of hydrogen-bond donors (Lipinski definition) is 0. The molecule has 0 bridgehead atoms. The largest absolute Gasteiger partial charge is 0.482 e. The van der Waals surface area contributed by atoms with E-state index >= 15 is 0 Å². The maximum atomic E-state index is 11.3. The highest BCUT2D eigenvalue weighted by molar-refractivity contribution is 5.71. The summed E-state index contributed by atoms with van der Waals surface area (Å²) in [5.41, 5.74) is 3.62. The fourth-order valence-corrected chi connectivity index (χ4v) is 4.91. The number of carbonyl (C=O) groups excluding carboxylic acids is 1. The molecule has 0 unspecified atom stereocenters. The minimum Gasteiger partial charge on any atom is -0.482 e. The van der Waals surface area contributed by atoms with E-state index in [1.54, 1.807) is 12.1 Å². The van der Waals surface area contributed by atoms with E-state index in [-0.39, 0.29) is 13.2 Å². The Labute approximate surface area is 245 Å². The molecule has 0 aliphatic carbocycles. The van der Waals surface area contributed by atoms with Crippen molar-refractivity contribution in [3.05, 3.63) is 58.7 Å². The third-order valence-corrected chi connectivity index (χ3v) is 7.16. The van der Waals surface area contributed by atoms with E-state index in [0.717, 1.165) is 61.5 Å². The monoisotopic (exact) mass is 552 g/mol. The van der Waals surface area contributed by atoms with E-state index in [0.29, 0.717) is 11.5 Å². The number of hydrogen-bond acceptors (Lipinski definition) is 6. The van der Waals surface area contributed by atoms with Gasteiger partial charge in [0.25, 0.3) is 0 Å². The SMILES string of the molecule is COC(=O)COc1ccc(OCC#Cc2cc(C#CCN3CCCCC3)cc(C#CCN3CCCCC3)c2)cc1C. The number of methoxy groups -OCH3 is 1. The van der Waals surface area contributed by atoms with Crippen molar-refractivity contribution in [1.29, 1.82) is 0 Å². The second-order valence-corrected chi connectivity index (χ2v) is 10.5. The summed E-state index contributed by atoms with van der Waals surface area (Å²) in [6.07, 6.45) is 7.70. The van der Waals surface area contributed by atoms with Crippen LogP contribution in [0.3, 0.4) is 0 Å². The van der Waals surface area contributed by atoms with Crippen LogP contribution in [0.25, 0.3) is 0 Å². The topological polar surface area (TPSA) is 51.2 Å². The number of aryl methyl sites for hydroxylation is 1. The van der Waals surface area contributed by atoms with Crippen LogP contribution in [0.5, 0.6) is 11.5 Å². The van der Waals surface area contributed by atoms with Crippen molar-refractivity contribution < 1.29 is 19.0 Å². The van der Waals surface area contributed by atoms with E-state index in [4.69, 9.17) is 9.47 Å². The average Bonchev–Trinajstić information content (AvgIpc) is 3.00. The molecule has 6 nitrogen and oxygen atoms in total. The summed E-state index contributed by atoms with van der Waals surface area (Å²) in [5, 5.41) is 0. The third-order valence-electron chi connectivity index (χ3n) is 7.16. The molecule has 0 amide bonds. The lowest BCUT2D eigenvalue weighted by Crippen LogP contribution is -2.29. The first-order chi connectivity index (χ1) is 20.1. The molecule has 0 spiro atoms. The van der Waals surface area contributed by atoms with Crippen LogP contribution in [0.15, 0.2) is 36.4 Å². The van der Waals surface area contributed by atoms with E-state index < -0.39 is 5.97 Å². The summed E-state index contributed by atoms with van der Waals surface area (Å²) in [6, 6.07) is 11.6. The first-order valence-corrected chi connectivity index (χ1v) is 14.6. The zero-order chi connectivity index (χ0) is 28.7. The van der Waals surface area contributed by atoms with E-state index in [9.17, 15) is 4.79 Å². The van der Waals surface area contributed by atoms with Gasteiger partial charge >= 0.3 is 5.97 Å². The standard InChI is InChI=1S/C35H40N2O4/c1-29-24-33(15-16-34(29)41-28-35(38)39-2)40-23-11-14-32-26-30(12-9-21-36-17-5-3-6-18-36)25-31(27-32)13-10-22-37-19-7-4-8-20-37/h15-16,24-27H,3-8,17-23,28H2,1-2H3. The van der Waals surface area contributed by atoms with Gasteiger partial charge < -0.3 is 14.2 Å². The predicted octanol–water partition coefficient (Wildman–Crippen LogP) is 4.65. The first-order valence-electron chi connectivity index (χ1n) is 14.6.